The number of nitrogens with one attached hydrogen (secondary N) is 2. The van der Waals surface area contributed by atoms with E-state index in [4.69, 9.17) is 5.73 Å². The third kappa shape index (κ3) is 4.43. The zero-order chi connectivity index (χ0) is 19.8. The van der Waals surface area contributed by atoms with Crippen LogP contribution in [0.3, 0.4) is 0 Å². The number of rotatable bonds is 3. The number of benzene rings is 1. The van der Waals surface area contributed by atoms with Crippen LogP contribution in [0.1, 0.15) is 44.6 Å². The van der Waals surface area contributed by atoms with Crippen LogP contribution in [0.5, 0.6) is 0 Å². The maximum absolute atomic E-state index is 13.0. The lowest BCUT2D eigenvalue weighted by atomic mass is 9.65. The molecule has 0 saturated heterocycles. The molecule has 2 aliphatic carbocycles. The minimum Gasteiger partial charge on any atom is -0.327 e. The minimum absolute atomic E-state index is 0.0370. The fourth-order valence-corrected chi connectivity index (χ4v) is 4.36. The Labute approximate surface area is 155 Å². The van der Waals surface area contributed by atoms with Crippen molar-refractivity contribution in [1.29, 1.82) is 0 Å². The Kier molecular flexibility index (Phi) is 5.46. The first-order valence-electron chi connectivity index (χ1n) is 9.20. The van der Waals surface area contributed by atoms with Gasteiger partial charge in [-0.3, -0.25) is 9.59 Å². The second-order valence-electron chi connectivity index (χ2n) is 7.63. The quantitative estimate of drug-likeness (QED) is 0.743. The van der Waals surface area contributed by atoms with Crippen LogP contribution in [-0.4, -0.2) is 17.9 Å². The van der Waals surface area contributed by atoms with Gasteiger partial charge in [-0.2, -0.15) is 13.2 Å². The number of hydrogen-bond donors (Lipinski definition) is 3. The molecule has 0 aliphatic heterocycles. The van der Waals surface area contributed by atoms with E-state index in [9.17, 15) is 22.8 Å². The molecule has 2 amide bonds. The van der Waals surface area contributed by atoms with Gasteiger partial charge in [0.05, 0.1) is 16.9 Å². The second-order valence-corrected chi connectivity index (χ2v) is 7.63. The molecule has 3 rings (SSSR count). The molecule has 0 aromatic heterocycles. The molecule has 0 radical (unpaired) electrons. The Morgan fingerprint density at radius 2 is 1.70 bits per heavy atom. The van der Waals surface area contributed by atoms with Gasteiger partial charge in [0, 0.05) is 18.9 Å². The summed E-state index contributed by atoms with van der Waals surface area (Å²) < 4.78 is 39.1. The molecule has 2 atom stereocenters. The molecule has 0 spiro atoms. The molecule has 2 unspecified atom stereocenters. The van der Waals surface area contributed by atoms with Gasteiger partial charge in [0.25, 0.3) is 0 Å². The number of hydrogen-bond acceptors (Lipinski definition) is 3. The van der Waals surface area contributed by atoms with Gasteiger partial charge in [-0.25, -0.2) is 0 Å². The number of halogens is 3. The first-order chi connectivity index (χ1) is 12.6. The van der Waals surface area contributed by atoms with Gasteiger partial charge in [0.15, 0.2) is 0 Å². The van der Waals surface area contributed by atoms with Gasteiger partial charge in [-0.05, 0) is 55.7 Å². The predicted octanol–water partition coefficient (Wildman–Crippen LogP) is 3.76. The first kappa shape index (κ1) is 19.7. The summed E-state index contributed by atoms with van der Waals surface area (Å²) in [6, 6.07) is 3.00. The second kappa shape index (κ2) is 7.50. The highest BCUT2D eigenvalue weighted by molar-refractivity contribution is 5.99. The van der Waals surface area contributed by atoms with Crippen molar-refractivity contribution in [2.24, 2.45) is 23.5 Å². The molecular weight excluding hydrogens is 359 g/mol. The lowest BCUT2D eigenvalue weighted by molar-refractivity contribution is -0.137. The largest absolute Gasteiger partial charge is 0.416 e. The lowest BCUT2D eigenvalue weighted by Crippen LogP contribution is -2.48. The van der Waals surface area contributed by atoms with Crippen molar-refractivity contribution in [3.05, 3.63) is 23.8 Å². The van der Waals surface area contributed by atoms with Crippen LogP contribution in [0.2, 0.25) is 0 Å². The molecular formula is C19H24F3N3O2. The smallest absolute Gasteiger partial charge is 0.327 e. The van der Waals surface area contributed by atoms with Crippen LogP contribution in [0.25, 0.3) is 0 Å². The molecule has 27 heavy (non-hydrogen) atoms. The van der Waals surface area contributed by atoms with E-state index >= 15 is 0 Å². The monoisotopic (exact) mass is 383 g/mol. The standard InChI is InChI=1S/C19H24F3N3O2/c1-10(26)24-15-6-5-14(19(20,21)22)9-16(15)25-18(27)13-7-11-3-2-4-12(8-13)17(11)23/h5-6,9,11-13,17H,2-4,7-8,23H2,1H3,(H,24,26)(H,25,27). The van der Waals surface area contributed by atoms with Crippen molar-refractivity contribution in [3.63, 3.8) is 0 Å². The maximum Gasteiger partial charge on any atom is 0.416 e. The molecule has 4 N–H and O–H groups in total. The fraction of sp³-hybridized carbons (Fsp3) is 0.579. The van der Waals surface area contributed by atoms with E-state index in [2.05, 4.69) is 10.6 Å². The van der Waals surface area contributed by atoms with Crippen LogP contribution < -0.4 is 16.4 Å². The zero-order valence-corrected chi connectivity index (χ0v) is 15.1. The van der Waals surface area contributed by atoms with Gasteiger partial charge < -0.3 is 16.4 Å². The first-order valence-corrected chi connectivity index (χ1v) is 9.20. The summed E-state index contributed by atoms with van der Waals surface area (Å²) in [5.74, 6) is -0.456. The van der Waals surface area contributed by atoms with E-state index in [0.717, 1.165) is 37.5 Å². The summed E-state index contributed by atoms with van der Waals surface area (Å²) in [6.07, 6.45) is -0.152. The summed E-state index contributed by atoms with van der Waals surface area (Å²) in [5.41, 5.74) is 5.47. The molecule has 1 aromatic rings. The molecule has 2 bridgehead atoms. The zero-order valence-electron chi connectivity index (χ0n) is 15.1. The number of carbonyl (C=O) groups is 2. The van der Waals surface area contributed by atoms with Crippen LogP contribution in [-0.2, 0) is 15.8 Å². The fourth-order valence-electron chi connectivity index (χ4n) is 4.36. The Hall–Kier alpha value is -2.09. The molecule has 1 aromatic carbocycles. The Morgan fingerprint density at radius 3 is 2.26 bits per heavy atom. The van der Waals surface area contributed by atoms with E-state index in [1.165, 1.54) is 6.92 Å². The Balaban J connectivity index is 1.80. The van der Waals surface area contributed by atoms with Gasteiger partial charge in [0.2, 0.25) is 11.8 Å². The maximum atomic E-state index is 13.0. The molecule has 8 heteroatoms. The highest BCUT2D eigenvalue weighted by Crippen LogP contribution is 2.42. The lowest BCUT2D eigenvalue weighted by Gasteiger charge is -2.43. The third-order valence-corrected chi connectivity index (χ3v) is 5.70. The molecule has 5 nitrogen and oxygen atoms in total. The number of nitrogens with two attached hydrogens (primary N) is 1. The van der Waals surface area contributed by atoms with E-state index < -0.39 is 17.6 Å². The van der Waals surface area contributed by atoms with E-state index in [0.29, 0.717) is 12.8 Å². The predicted molar refractivity (Wildman–Crippen MR) is 95.9 cm³/mol. The minimum atomic E-state index is -4.54. The third-order valence-electron chi connectivity index (χ3n) is 5.70. The normalized spacial score (nSPS) is 27.7. The van der Waals surface area contributed by atoms with Crippen molar-refractivity contribution in [2.45, 2.75) is 51.2 Å². The highest BCUT2D eigenvalue weighted by atomic mass is 19.4. The number of carbonyl (C=O) groups excluding carboxylic acids is 2. The molecule has 2 saturated carbocycles. The molecule has 0 heterocycles. The van der Waals surface area contributed by atoms with Crippen molar-refractivity contribution >= 4 is 23.2 Å². The molecule has 2 fully saturated rings. The van der Waals surface area contributed by atoms with Crippen molar-refractivity contribution < 1.29 is 22.8 Å². The Bertz CT molecular complexity index is 721. The number of alkyl halides is 3. The molecule has 148 valence electrons. The average Bonchev–Trinajstić information content (AvgIpc) is 2.54. The summed E-state index contributed by atoms with van der Waals surface area (Å²) in [5, 5.41) is 5.07. The van der Waals surface area contributed by atoms with Crippen LogP contribution in [0, 0.1) is 17.8 Å². The summed E-state index contributed by atoms with van der Waals surface area (Å²) in [4.78, 5) is 24.1. The van der Waals surface area contributed by atoms with Gasteiger partial charge in [-0.15, -0.1) is 0 Å². The number of anilines is 2. The topological polar surface area (TPSA) is 84.2 Å². The van der Waals surface area contributed by atoms with Crippen LogP contribution >= 0.6 is 0 Å². The van der Waals surface area contributed by atoms with Crippen LogP contribution in [0.4, 0.5) is 24.5 Å². The van der Waals surface area contributed by atoms with Gasteiger partial charge >= 0.3 is 6.18 Å². The van der Waals surface area contributed by atoms with Gasteiger partial charge in [0.1, 0.15) is 0 Å². The summed E-state index contributed by atoms with van der Waals surface area (Å²) >= 11 is 0. The number of fused-ring (bicyclic) bond motifs is 2. The summed E-state index contributed by atoms with van der Waals surface area (Å²) in [6.45, 7) is 1.26. The highest BCUT2D eigenvalue weighted by Gasteiger charge is 2.40. The van der Waals surface area contributed by atoms with E-state index in [-0.39, 0.29) is 41.1 Å². The Morgan fingerprint density at radius 1 is 1.07 bits per heavy atom. The van der Waals surface area contributed by atoms with Crippen LogP contribution in [0.15, 0.2) is 18.2 Å². The average molecular weight is 383 g/mol. The van der Waals surface area contributed by atoms with Crippen molar-refractivity contribution in [3.8, 4) is 0 Å². The number of amides is 2. The van der Waals surface area contributed by atoms with E-state index in [1.807, 2.05) is 0 Å². The SMILES string of the molecule is CC(=O)Nc1ccc(C(F)(F)F)cc1NC(=O)C1CC2CCCC(C1)C2N. The van der Waals surface area contributed by atoms with E-state index in [1.54, 1.807) is 0 Å². The van der Waals surface area contributed by atoms with Crippen molar-refractivity contribution in [1.82, 2.24) is 0 Å². The molecule has 2 aliphatic rings. The van der Waals surface area contributed by atoms with Gasteiger partial charge in [-0.1, -0.05) is 6.42 Å². The van der Waals surface area contributed by atoms with Crippen molar-refractivity contribution in [2.75, 3.05) is 10.6 Å². The summed E-state index contributed by atoms with van der Waals surface area (Å²) in [7, 11) is 0.